The van der Waals surface area contributed by atoms with Gasteiger partial charge in [-0.25, -0.2) is 4.98 Å². The molecule has 0 spiro atoms. The Morgan fingerprint density at radius 3 is 3.05 bits per heavy atom. The van der Waals surface area contributed by atoms with Gasteiger partial charge in [-0.1, -0.05) is 0 Å². The van der Waals surface area contributed by atoms with Gasteiger partial charge in [0.1, 0.15) is 17.7 Å². The van der Waals surface area contributed by atoms with Crippen LogP contribution in [0.5, 0.6) is 5.88 Å². The zero-order valence-corrected chi connectivity index (χ0v) is 11.1. The lowest BCUT2D eigenvalue weighted by Gasteiger charge is -2.17. The molecule has 0 aromatic carbocycles. The largest absolute Gasteiger partial charge is 0.473 e. The lowest BCUT2D eigenvalue weighted by Crippen LogP contribution is -2.26. The van der Waals surface area contributed by atoms with Crippen molar-refractivity contribution in [3.8, 4) is 5.88 Å². The molecule has 3 rings (SSSR count). The third-order valence-electron chi connectivity index (χ3n) is 3.45. The van der Waals surface area contributed by atoms with Gasteiger partial charge >= 0.3 is 0 Å². The van der Waals surface area contributed by atoms with Gasteiger partial charge in [0, 0.05) is 25.6 Å². The summed E-state index contributed by atoms with van der Waals surface area (Å²) >= 11 is 0. The molecule has 0 saturated carbocycles. The number of carbonyl (C=O) groups excluding carboxylic acids is 1. The van der Waals surface area contributed by atoms with E-state index in [1.54, 1.807) is 11.0 Å². The van der Waals surface area contributed by atoms with Crippen molar-refractivity contribution < 1.29 is 9.53 Å². The fraction of sp³-hybridized carbons (Fsp3) is 0.615. The zero-order chi connectivity index (χ0) is 13.2. The predicted octanol–water partition coefficient (Wildman–Crippen LogP) is 0.653. The van der Waals surface area contributed by atoms with E-state index >= 15 is 0 Å². The Morgan fingerprint density at radius 2 is 2.37 bits per heavy atom. The topological polar surface area (TPSA) is 67.3 Å². The van der Waals surface area contributed by atoms with Gasteiger partial charge in [-0.2, -0.15) is 4.98 Å². The van der Waals surface area contributed by atoms with Crippen LogP contribution >= 0.6 is 0 Å². The first-order valence-corrected chi connectivity index (χ1v) is 6.76. The number of carbonyl (C=O) groups is 1. The number of nitrogens with one attached hydrogen (secondary N) is 1. The fourth-order valence-corrected chi connectivity index (χ4v) is 2.51. The summed E-state index contributed by atoms with van der Waals surface area (Å²) in [5.41, 5.74) is 0. The Kier molecular flexibility index (Phi) is 3.33. The minimum absolute atomic E-state index is 0.131. The molecule has 1 unspecified atom stereocenters. The van der Waals surface area contributed by atoms with Crippen molar-refractivity contribution in [1.29, 1.82) is 0 Å². The molecule has 19 heavy (non-hydrogen) atoms. The second-order valence-corrected chi connectivity index (χ2v) is 4.99. The van der Waals surface area contributed by atoms with Crippen LogP contribution in [-0.2, 0) is 4.79 Å². The molecule has 2 aliphatic heterocycles. The van der Waals surface area contributed by atoms with Crippen molar-refractivity contribution in [2.45, 2.75) is 32.3 Å². The van der Waals surface area contributed by atoms with E-state index in [0.717, 1.165) is 32.5 Å². The first kappa shape index (κ1) is 12.3. The van der Waals surface area contributed by atoms with Crippen LogP contribution in [0.4, 0.5) is 5.82 Å². The van der Waals surface area contributed by atoms with Crippen LogP contribution in [0, 0.1) is 6.92 Å². The van der Waals surface area contributed by atoms with Crippen molar-refractivity contribution in [3.63, 3.8) is 0 Å². The van der Waals surface area contributed by atoms with Gasteiger partial charge in [-0.15, -0.1) is 0 Å². The first-order valence-electron chi connectivity index (χ1n) is 6.76. The molecule has 102 valence electrons. The van der Waals surface area contributed by atoms with Crippen molar-refractivity contribution in [2.24, 2.45) is 0 Å². The molecule has 0 aliphatic carbocycles. The summed E-state index contributed by atoms with van der Waals surface area (Å²) in [6, 6.07) is 1.77. The van der Waals surface area contributed by atoms with Gasteiger partial charge in [0.15, 0.2) is 0 Å². The number of aromatic nitrogens is 2. The molecule has 1 N–H and O–H groups in total. The summed E-state index contributed by atoms with van der Waals surface area (Å²) in [5.74, 6) is 2.00. The molecule has 0 radical (unpaired) electrons. The van der Waals surface area contributed by atoms with E-state index in [0.29, 0.717) is 23.9 Å². The second kappa shape index (κ2) is 5.13. The van der Waals surface area contributed by atoms with E-state index in [9.17, 15) is 4.79 Å². The Labute approximate surface area is 112 Å². The number of amides is 1. The Bertz CT molecular complexity index is 486. The van der Waals surface area contributed by atoms with Gasteiger partial charge in [-0.3, -0.25) is 9.69 Å². The number of hydrogen-bond donors (Lipinski definition) is 1. The molecule has 0 bridgehead atoms. The highest BCUT2D eigenvalue weighted by molar-refractivity contribution is 5.94. The quantitative estimate of drug-likeness (QED) is 0.866. The van der Waals surface area contributed by atoms with Crippen molar-refractivity contribution in [1.82, 2.24) is 15.3 Å². The highest BCUT2D eigenvalue weighted by atomic mass is 16.5. The van der Waals surface area contributed by atoms with Gasteiger partial charge in [-0.05, 0) is 26.3 Å². The molecule has 2 fully saturated rings. The third-order valence-corrected chi connectivity index (χ3v) is 3.45. The maximum atomic E-state index is 11.8. The number of rotatable bonds is 3. The molecule has 2 aliphatic rings. The van der Waals surface area contributed by atoms with Crippen LogP contribution in [0.3, 0.4) is 0 Å². The molecular weight excluding hydrogens is 244 g/mol. The summed E-state index contributed by atoms with van der Waals surface area (Å²) in [6.07, 6.45) is 2.65. The van der Waals surface area contributed by atoms with Gasteiger partial charge < -0.3 is 10.1 Å². The highest BCUT2D eigenvalue weighted by Crippen LogP contribution is 2.23. The van der Waals surface area contributed by atoms with Crippen LogP contribution in [0.15, 0.2) is 6.07 Å². The first-order chi connectivity index (χ1) is 9.22. The molecule has 6 nitrogen and oxygen atoms in total. The van der Waals surface area contributed by atoms with Crippen LogP contribution < -0.4 is 15.0 Å². The number of hydrogen-bond acceptors (Lipinski definition) is 5. The molecule has 2 saturated heterocycles. The van der Waals surface area contributed by atoms with Crippen LogP contribution in [0.1, 0.15) is 25.1 Å². The molecule has 1 atom stereocenters. The normalized spacial score (nSPS) is 23.1. The van der Waals surface area contributed by atoms with Crippen molar-refractivity contribution in [3.05, 3.63) is 11.9 Å². The summed E-state index contributed by atoms with van der Waals surface area (Å²) in [5, 5.41) is 3.25. The van der Waals surface area contributed by atoms with E-state index in [-0.39, 0.29) is 12.0 Å². The highest BCUT2D eigenvalue weighted by Gasteiger charge is 2.24. The summed E-state index contributed by atoms with van der Waals surface area (Å²) < 4.78 is 5.84. The lowest BCUT2D eigenvalue weighted by atomic mass is 10.3. The van der Waals surface area contributed by atoms with Crippen LogP contribution in [0.2, 0.25) is 0 Å². The number of nitrogens with zero attached hydrogens (tertiary/aromatic N) is 3. The van der Waals surface area contributed by atoms with Crippen molar-refractivity contribution >= 4 is 11.7 Å². The van der Waals surface area contributed by atoms with E-state index in [4.69, 9.17) is 4.74 Å². The Balaban J connectivity index is 1.80. The molecular formula is C13H18N4O2. The monoisotopic (exact) mass is 262 g/mol. The average molecular weight is 262 g/mol. The lowest BCUT2D eigenvalue weighted by molar-refractivity contribution is -0.117. The fourth-order valence-electron chi connectivity index (χ4n) is 2.51. The molecule has 1 aromatic rings. The van der Waals surface area contributed by atoms with Gasteiger partial charge in [0.25, 0.3) is 0 Å². The second-order valence-electron chi connectivity index (χ2n) is 4.99. The summed E-state index contributed by atoms with van der Waals surface area (Å²) in [7, 11) is 0. The minimum Gasteiger partial charge on any atom is -0.473 e. The standard InChI is InChI=1S/C13H18N4O2/c1-9-15-11(17-6-2-3-13(17)18)7-12(16-9)19-10-4-5-14-8-10/h7,10,14H,2-6,8H2,1H3. The van der Waals surface area contributed by atoms with Gasteiger partial charge in [0.05, 0.1) is 0 Å². The summed E-state index contributed by atoms with van der Waals surface area (Å²) in [4.78, 5) is 22.1. The maximum Gasteiger partial charge on any atom is 0.228 e. The Hall–Kier alpha value is -1.69. The van der Waals surface area contributed by atoms with Crippen LogP contribution in [-0.4, -0.2) is 41.6 Å². The van der Waals surface area contributed by atoms with Gasteiger partial charge in [0.2, 0.25) is 11.8 Å². The third kappa shape index (κ3) is 2.68. The molecule has 6 heteroatoms. The number of anilines is 1. The minimum atomic E-state index is 0.131. The van der Waals surface area contributed by atoms with E-state index in [1.807, 2.05) is 6.92 Å². The summed E-state index contributed by atoms with van der Waals surface area (Å²) in [6.45, 7) is 4.39. The SMILES string of the molecule is Cc1nc(OC2CCNC2)cc(N2CCCC2=O)n1. The van der Waals surface area contributed by atoms with E-state index < -0.39 is 0 Å². The maximum absolute atomic E-state index is 11.8. The molecule has 1 aromatic heterocycles. The molecule has 3 heterocycles. The zero-order valence-electron chi connectivity index (χ0n) is 11.1. The Morgan fingerprint density at radius 1 is 1.47 bits per heavy atom. The van der Waals surface area contributed by atoms with E-state index in [1.165, 1.54) is 0 Å². The smallest absolute Gasteiger partial charge is 0.228 e. The van der Waals surface area contributed by atoms with E-state index in [2.05, 4.69) is 15.3 Å². The van der Waals surface area contributed by atoms with Crippen molar-refractivity contribution in [2.75, 3.05) is 24.5 Å². The molecule has 1 amide bonds. The number of aryl methyl sites for hydroxylation is 1. The van der Waals surface area contributed by atoms with Crippen LogP contribution in [0.25, 0.3) is 0 Å². The average Bonchev–Trinajstić information content (AvgIpc) is 2.99. The predicted molar refractivity (Wildman–Crippen MR) is 70.3 cm³/mol. The number of ether oxygens (including phenoxy) is 1.